The summed E-state index contributed by atoms with van der Waals surface area (Å²) in [5, 5.41) is 8.80. The van der Waals surface area contributed by atoms with Gasteiger partial charge in [0.25, 0.3) is 0 Å². The van der Waals surface area contributed by atoms with Crippen LogP contribution in [0.3, 0.4) is 0 Å². The molecule has 0 saturated heterocycles. The molecule has 3 rings (SSSR count). The Kier molecular flexibility index (Phi) is 10.6. The Balaban J connectivity index is 1.38. The van der Waals surface area contributed by atoms with Gasteiger partial charge in [-0.15, -0.1) is 0 Å². The Morgan fingerprint density at radius 3 is 2.38 bits per heavy atom. The van der Waals surface area contributed by atoms with Crippen LogP contribution in [0.2, 0.25) is 0 Å². The van der Waals surface area contributed by atoms with Crippen LogP contribution in [0.25, 0.3) is 0 Å². The molecule has 34 heavy (non-hydrogen) atoms. The number of hydrogen-bond acceptors (Lipinski definition) is 4. The molecule has 0 amide bonds. The molecule has 2 aromatic rings. The fourth-order valence-electron chi connectivity index (χ4n) is 4.60. The molecule has 0 unspecified atom stereocenters. The van der Waals surface area contributed by atoms with E-state index in [0.29, 0.717) is 17.4 Å². The van der Waals surface area contributed by atoms with Crippen molar-refractivity contribution in [3.05, 3.63) is 65.0 Å². The van der Waals surface area contributed by atoms with Gasteiger partial charge < -0.3 is 9.47 Å². The third kappa shape index (κ3) is 7.95. The van der Waals surface area contributed by atoms with Crippen molar-refractivity contribution in [1.29, 1.82) is 5.26 Å². The summed E-state index contributed by atoms with van der Waals surface area (Å²) < 4.78 is 24.9. The first-order valence-corrected chi connectivity index (χ1v) is 12.7. The number of rotatable bonds is 12. The third-order valence-corrected chi connectivity index (χ3v) is 6.73. The number of ether oxygens (including phenoxy) is 2. The molecule has 0 spiro atoms. The zero-order chi connectivity index (χ0) is 24.2. The second-order valence-corrected chi connectivity index (χ2v) is 9.33. The van der Waals surface area contributed by atoms with Gasteiger partial charge >= 0.3 is 5.97 Å². The topological polar surface area (TPSA) is 59.3 Å². The summed E-state index contributed by atoms with van der Waals surface area (Å²) in [5.41, 5.74) is 1.58. The van der Waals surface area contributed by atoms with Gasteiger partial charge in [-0.1, -0.05) is 51.2 Å². The second kappa shape index (κ2) is 13.9. The minimum absolute atomic E-state index is 0.0803. The van der Waals surface area contributed by atoms with Gasteiger partial charge in [-0.2, -0.15) is 5.26 Å². The van der Waals surface area contributed by atoms with Crippen molar-refractivity contribution < 1.29 is 18.7 Å². The van der Waals surface area contributed by atoms with Crippen molar-refractivity contribution in [2.75, 3.05) is 13.2 Å². The highest BCUT2D eigenvalue weighted by atomic mass is 19.1. The van der Waals surface area contributed by atoms with Crippen molar-refractivity contribution in [2.45, 2.75) is 77.0 Å². The van der Waals surface area contributed by atoms with E-state index in [2.05, 4.69) is 6.92 Å². The first-order valence-electron chi connectivity index (χ1n) is 12.7. The van der Waals surface area contributed by atoms with Gasteiger partial charge in [-0.3, -0.25) is 0 Å². The Bertz CT molecular complexity index is 943. The van der Waals surface area contributed by atoms with E-state index in [1.807, 2.05) is 12.1 Å². The van der Waals surface area contributed by atoms with Crippen LogP contribution in [0, 0.1) is 23.1 Å². The van der Waals surface area contributed by atoms with Gasteiger partial charge in [-0.25, -0.2) is 9.18 Å². The summed E-state index contributed by atoms with van der Waals surface area (Å²) in [6.45, 7) is 4.01. The number of unbranched alkanes of at least 4 members (excludes halogenated alkanes) is 5. The molecule has 0 radical (unpaired) electrons. The van der Waals surface area contributed by atoms with Crippen molar-refractivity contribution in [3.8, 4) is 11.8 Å². The Morgan fingerprint density at radius 2 is 1.71 bits per heavy atom. The molecule has 1 aliphatic rings. The van der Waals surface area contributed by atoms with Gasteiger partial charge in [0, 0.05) is 19.3 Å². The fraction of sp³-hybridized carbons (Fsp3) is 0.517. The highest BCUT2D eigenvalue weighted by Crippen LogP contribution is 2.36. The van der Waals surface area contributed by atoms with E-state index >= 15 is 0 Å². The predicted octanol–water partition coefficient (Wildman–Crippen LogP) is 7.57. The van der Waals surface area contributed by atoms with Gasteiger partial charge in [0.05, 0.1) is 11.1 Å². The van der Waals surface area contributed by atoms with Crippen LogP contribution in [0.1, 0.15) is 98.5 Å². The molecular weight excluding hydrogens is 429 g/mol. The molecule has 1 fully saturated rings. The van der Waals surface area contributed by atoms with Crippen LogP contribution in [-0.4, -0.2) is 19.2 Å². The lowest BCUT2D eigenvalue weighted by Gasteiger charge is -2.28. The van der Waals surface area contributed by atoms with E-state index < -0.39 is 11.8 Å². The van der Waals surface area contributed by atoms with Gasteiger partial charge in [0.2, 0.25) is 0 Å². The van der Waals surface area contributed by atoms with Crippen LogP contribution in [0.15, 0.2) is 42.5 Å². The fourth-order valence-corrected chi connectivity index (χ4v) is 4.60. The summed E-state index contributed by atoms with van der Waals surface area (Å²) in [6.07, 6.45) is 12.4. The summed E-state index contributed by atoms with van der Waals surface area (Å²) >= 11 is 0. The number of nitriles is 1. The largest absolute Gasteiger partial charge is 0.423 e. The molecule has 5 heteroatoms. The number of hydrogen-bond donors (Lipinski definition) is 0. The molecule has 2 aromatic carbocycles. The first kappa shape index (κ1) is 25.9. The maximum absolute atomic E-state index is 13.7. The normalized spacial score (nSPS) is 17.8. The third-order valence-electron chi connectivity index (χ3n) is 6.73. The molecule has 182 valence electrons. The number of nitrogens with zero attached hydrogens (tertiary/aromatic N) is 1. The van der Waals surface area contributed by atoms with Gasteiger partial charge in [-0.05, 0) is 73.8 Å². The minimum atomic E-state index is -0.702. The molecule has 0 N–H and O–H groups in total. The number of carbonyl (C=O) groups is 1. The van der Waals surface area contributed by atoms with E-state index in [1.54, 1.807) is 18.2 Å². The average Bonchev–Trinajstić information content (AvgIpc) is 2.86. The molecule has 4 nitrogen and oxygen atoms in total. The van der Waals surface area contributed by atoms with E-state index in [4.69, 9.17) is 14.7 Å². The standard InChI is InChI=1S/C29H36FNO3/c1-2-3-4-5-6-7-18-33-21-22-8-10-23(11-9-22)24-12-14-25(15-13-24)29(32)34-27-17-16-26(20-31)28(30)19-27/h12-17,19,22-23H,2-11,18,21H2,1H3. The number of halogens is 1. The predicted molar refractivity (Wildman–Crippen MR) is 131 cm³/mol. The van der Waals surface area contributed by atoms with Crippen molar-refractivity contribution in [2.24, 2.45) is 5.92 Å². The molecule has 0 aromatic heterocycles. The Labute approximate surface area is 203 Å². The lowest BCUT2D eigenvalue weighted by molar-refractivity contribution is 0.0734. The summed E-state index contributed by atoms with van der Waals surface area (Å²) in [6, 6.07) is 13.1. The van der Waals surface area contributed by atoms with E-state index in [-0.39, 0.29) is 11.3 Å². The molecule has 1 aliphatic carbocycles. The highest BCUT2D eigenvalue weighted by molar-refractivity contribution is 5.91. The minimum Gasteiger partial charge on any atom is -0.423 e. The molecule has 0 aliphatic heterocycles. The van der Waals surface area contributed by atoms with E-state index in [0.717, 1.165) is 32.1 Å². The van der Waals surface area contributed by atoms with Crippen LogP contribution in [0.5, 0.6) is 5.75 Å². The summed E-state index contributed by atoms with van der Waals surface area (Å²) in [4.78, 5) is 12.4. The van der Waals surface area contributed by atoms with Gasteiger partial charge in [0.15, 0.2) is 0 Å². The molecule has 1 saturated carbocycles. The lowest BCUT2D eigenvalue weighted by Crippen LogP contribution is -2.18. The average molecular weight is 466 g/mol. The zero-order valence-corrected chi connectivity index (χ0v) is 20.2. The lowest BCUT2D eigenvalue weighted by atomic mass is 9.79. The quantitative estimate of drug-likeness (QED) is 0.184. The van der Waals surface area contributed by atoms with Crippen molar-refractivity contribution in [1.82, 2.24) is 0 Å². The van der Waals surface area contributed by atoms with E-state index in [9.17, 15) is 9.18 Å². The number of benzene rings is 2. The molecular formula is C29H36FNO3. The summed E-state index contributed by atoms with van der Waals surface area (Å²) in [5.74, 6) is 0.00182. The smallest absolute Gasteiger partial charge is 0.343 e. The second-order valence-electron chi connectivity index (χ2n) is 9.33. The van der Waals surface area contributed by atoms with Crippen LogP contribution < -0.4 is 4.74 Å². The van der Waals surface area contributed by atoms with Crippen LogP contribution in [0.4, 0.5) is 4.39 Å². The Hall–Kier alpha value is -2.71. The van der Waals surface area contributed by atoms with Crippen molar-refractivity contribution >= 4 is 5.97 Å². The van der Waals surface area contributed by atoms with E-state index in [1.165, 1.54) is 69.1 Å². The first-order chi connectivity index (χ1) is 16.6. The highest BCUT2D eigenvalue weighted by Gasteiger charge is 2.23. The SMILES string of the molecule is CCCCCCCCOCC1CCC(c2ccc(C(=O)Oc3ccc(C#N)c(F)c3)cc2)CC1. The monoisotopic (exact) mass is 465 g/mol. The van der Waals surface area contributed by atoms with Gasteiger partial charge in [0.1, 0.15) is 17.6 Å². The summed E-state index contributed by atoms with van der Waals surface area (Å²) in [7, 11) is 0. The maximum Gasteiger partial charge on any atom is 0.343 e. The van der Waals surface area contributed by atoms with Crippen molar-refractivity contribution in [3.63, 3.8) is 0 Å². The molecule has 0 heterocycles. The van der Waals surface area contributed by atoms with Crippen LogP contribution in [-0.2, 0) is 4.74 Å². The zero-order valence-electron chi connectivity index (χ0n) is 20.2. The Morgan fingerprint density at radius 1 is 1.00 bits per heavy atom. The maximum atomic E-state index is 13.7. The molecule has 0 atom stereocenters. The van der Waals surface area contributed by atoms with Crippen LogP contribution >= 0.6 is 0 Å². The number of esters is 1. The molecule has 0 bridgehead atoms. The number of carbonyl (C=O) groups excluding carboxylic acids is 1.